The maximum atomic E-state index is 9.62. The molecular formula is C11H11NO2S. The quantitative estimate of drug-likeness (QED) is 0.819. The van der Waals surface area contributed by atoms with Crippen LogP contribution in [0.4, 0.5) is 0 Å². The van der Waals surface area contributed by atoms with E-state index in [2.05, 4.69) is 4.98 Å². The van der Waals surface area contributed by atoms with E-state index >= 15 is 0 Å². The van der Waals surface area contributed by atoms with Crippen molar-refractivity contribution in [2.75, 3.05) is 0 Å². The second-order valence-corrected chi connectivity index (χ2v) is 4.13. The van der Waals surface area contributed by atoms with Crippen molar-refractivity contribution >= 4 is 11.3 Å². The Balaban J connectivity index is 2.42. The smallest absolute Gasteiger partial charge is 0.127 e. The molecule has 0 aliphatic heterocycles. The van der Waals surface area contributed by atoms with Crippen molar-refractivity contribution in [1.29, 1.82) is 0 Å². The van der Waals surface area contributed by atoms with Crippen molar-refractivity contribution in [2.45, 2.75) is 13.0 Å². The van der Waals surface area contributed by atoms with Gasteiger partial charge >= 0.3 is 0 Å². The standard InChI is InChI=1S/C11H11NO2S/c1-7(13)9-6-15-11(12-9)8-4-2-3-5-10(8)14/h2-7,13-14H,1H3. The molecule has 0 spiro atoms. The molecule has 0 saturated carbocycles. The molecule has 0 amide bonds. The molecule has 0 aliphatic rings. The van der Waals surface area contributed by atoms with Crippen LogP contribution in [0.5, 0.6) is 5.75 Å². The minimum absolute atomic E-state index is 0.212. The Morgan fingerprint density at radius 1 is 1.33 bits per heavy atom. The molecule has 1 aromatic carbocycles. The molecule has 3 nitrogen and oxygen atoms in total. The number of para-hydroxylation sites is 1. The summed E-state index contributed by atoms with van der Waals surface area (Å²) in [4.78, 5) is 4.25. The first-order valence-electron chi connectivity index (χ1n) is 4.60. The molecule has 15 heavy (non-hydrogen) atoms. The van der Waals surface area contributed by atoms with E-state index in [0.717, 1.165) is 5.01 Å². The maximum Gasteiger partial charge on any atom is 0.127 e. The van der Waals surface area contributed by atoms with Gasteiger partial charge in [-0.25, -0.2) is 4.98 Å². The van der Waals surface area contributed by atoms with E-state index in [-0.39, 0.29) is 5.75 Å². The van der Waals surface area contributed by atoms with Crippen LogP contribution in [0.3, 0.4) is 0 Å². The maximum absolute atomic E-state index is 9.62. The first-order chi connectivity index (χ1) is 7.18. The Kier molecular flexibility index (Phi) is 2.70. The highest BCUT2D eigenvalue weighted by atomic mass is 32.1. The zero-order valence-electron chi connectivity index (χ0n) is 8.21. The van der Waals surface area contributed by atoms with Gasteiger partial charge in [-0.1, -0.05) is 12.1 Å². The molecule has 1 atom stereocenters. The molecule has 78 valence electrons. The molecule has 0 bridgehead atoms. The number of hydrogen-bond donors (Lipinski definition) is 2. The molecular weight excluding hydrogens is 210 g/mol. The molecule has 1 unspecified atom stereocenters. The average molecular weight is 221 g/mol. The minimum Gasteiger partial charge on any atom is -0.507 e. The van der Waals surface area contributed by atoms with Crippen molar-refractivity contribution in [1.82, 2.24) is 4.98 Å². The first-order valence-corrected chi connectivity index (χ1v) is 5.48. The second-order valence-electron chi connectivity index (χ2n) is 3.27. The molecule has 1 aromatic heterocycles. The summed E-state index contributed by atoms with van der Waals surface area (Å²) in [6, 6.07) is 7.04. The number of phenols is 1. The fraction of sp³-hybridized carbons (Fsp3) is 0.182. The summed E-state index contributed by atoms with van der Waals surface area (Å²) in [6.45, 7) is 1.67. The molecule has 4 heteroatoms. The van der Waals surface area contributed by atoms with Crippen molar-refractivity contribution < 1.29 is 10.2 Å². The molecule has 2 rings (SSSR count). The van der Waals surface area contributed by atoms with Crippen LogP contribution < -0.4 is 0 Å². The molecule has 2 N–H and O–H groups in total. The Labute approximate surface area is 91.7 Å². The van der Waals surface area contributed by atoms with Gasteiger partial charge in [0.2, 0.25) is 0 Å². The SMILES string of the molecule is CC(O)c1csc(-c2ccccc2O)n1. The lowest BCUT2D eigenvalue weighted by Crippen LogP contribution is -1.90. The van der Waals surface area contributed by atoms with Gasteiger partial charge in [0.1, 0.15) is 10.8 Å². The number of aliphatic hydroxyl groups excluding tert-OH is 1. The molecule has 0 radical (unpaired) electrons. The summed E-state index contributed by atoms with van der Waals surface area (Å²) in [7, 11) is 0. The summed E-state index contributed by atoms with van der Waals surface area (Å²) in [5.74, 6) is 0.212. The van der Waals surface area contributed by atoms with E-state index in [1.54, 1.807) is 30.5 Å². The highest BCUT2D eigenvalue weighted by molar-refractivity contribution is 7.13. The van der Waals surface area contributed by atoms with Gasteiger partial charge in [-0.3, -0.25) is 0 Å². The normalized spacial score (nSPS) is 12.7. The molecule has 0 aliphatic carbocycles. The van der Waals surface area contributed by atoms with Crippen LogP contribution in [0.15, 0.2) is 29.6 Å². The average Bonchev–Trinajstić information content (AvgIpc) is 2.67. The summed E-state index contributed by atoms with van der Waals surface area (Å²) in [5.41, 5.74) is 1.34. The number of thiazole rings is 1. The fourth-order valence-electron chi connectivity index (χ4n) is 1.26. The van der Waals surface area contributed by atoms with Crippen LogP contribution in [-0.4, -0.2) is 15.2 Å². The van der Waals surface area contributed by atoms with E-state index in [4.69, 9.17) is 0 Å². The van der Waals surface area contributed by atoms with E-state index < -0.39 is 6.10 Å². The molecule has 2 aromatic rings. The van der Waals surface area contributed by atoms with Crippen LogP contribution in [0, 0.1) is 0 Å². The van der Waals surface area contributed by atoms with Gasteiger partial charge in [0.05, 0.1) is 17.4 Å². The van der Waals surface area contributed by atoms with Crippen LogP contribution >= 0.6 is 11.3 Å². The highest BCUT2D eigenvalue weighted by Crippen LogP contribution is 2.32. The van der Waals surface area contributed by atoms with Gasteiger partial charge in [-0.2, -0.15) is 0 Å². The number of nitrogens with zero attached hydrogens (tertiary/aromatic N) is 1. The van der Waals surface area contributed by atoms with Gasteiger partial charge in [0.15, 0.2) is 0 Å². The van der Waals surface area contributed by atoms with Gasteiger partial charge in [0.25, 0.3) is 0 Å². The van der Waals surface area contributed by atoms with E-state index in [9.17, 15) is 10.2 Å². The van der Waals surface area contributed by atoms with Crippen molar-refractivity contribution in [3.8, 4) is 16.3 Å². The summed E-state index contributed by atoms with van der Waals surface area (Å²) in [6.07, 6.45) is -0.569. The fourth-order valence-corrected chi connectivity index (χ4v) is 2.20. The minimum atomic E-state index is -0.569. The van der Waals surface area contributed by atoms with Gasteiger partial charge in [-0.15, -0.1) is 11.3 Å². The predicted molar refractivity (Wildman–Crippen MR) is 59.8 cm³/mol. The van der Waals surface area contributed by atoms with Gasteiger partial charge in [-0.05, 0) is 19.1 Å². The lowest BCUT2D eigenvalue weighted by molar-refractivity contribution is 0.195. The monoisotopic (exact) mass is 221 g/mol. The summed E-state index contributed by atoms with van der Waals surface area (Å²) in [5, 5.41) is 21.5. The number of aromatic nitrogens is 1. The number of benzene rings is 1. The number of hydrogen-bond acceptors (Lipinski definition) is 4. The highest BCUT2D eigenvalue weighted by Gasteiger charge is 2.10. The van der Waals surface area contributed by atoms with Crippen LogP contribution in [-0.2, 0) is 0 Å². The van der Waals surface area contributed by atoms with Crippen LogP contribution in [0.25, 0.3) is 10.6 Å². The summed E-state index contributed by atoms with van der Waals surface area (Å²) >= 11 is 1.41. The van der Waals surface area contributed by atoms with E-state index in [1.165, 1.54) is 11.3 Å². The number of aliphatic hydroxyl groups is 1. The van der Waals surface area contributed by atoms with Crippen molar-refractivity contribution in [2.24, 2.45) is 0 Å². The molecule has 0 saturated heterocycles. The zero-order chi connectivity index (χ0) is 10.8. The third kappa shape index (κ3) is 2.00. The lowest BCUT2D eigenvalue weighted by Gasteiger charge is -2.00. The summed E-state index contributed by atoms with van der Waals surface area (Å²) < 4.78 is 0. The lowest BCUT2D eigenvalue weighted by atomic mass is 10.2. The van der Waals surface area contributed by atoms with Crippen molar-refractivity contribution in [3.63, 3.8) is 0 Å². The Morgan fingerprint density at radius 3 is 2.67 bits per heavy atom. The Bertz CT molecular complexity index is 465. The Hall–Kier alpha value is -1.39. The predicted octanol–water partition coefficient (Wildman–Crippen LogP) is 2.57. The Morgan fingerprint density at radius 2 is 2.07 bits per heavy atom. The van der Waals surface area contributed by atoms with Gasteiger partial charge < -0.3 is 10.2 Å². The van der Waals surface area contributed by atoms with E-state index in [0.29, 0.717) is 11.3 Å². The largest absolute Gasteiger partial charge is 0.507 e. The molecule has 1 heterocycles. The number of phenolic OH excluding ortho intramolecular Hbond substituents is 1. The second kappa shape index (κ2) is 4.00. The third-order valence-corrected chi connectivity index (χ3v) is 2.98. The third-order valence-electron chi connectivity index (χ3n) is 2.08. The topological polar surface area (TPSA) is 53.4 Å². The van der Waals surface area contributed by atoms with Crippen LogP contribution in [0.2, 0.25) is 0 Å². The van der Waals surface area contributed by atoms with Crippen molar-refractivity contribution in [3.05, 3.63) is 35.3 Å². The van der Waals surface area contributed by atoms with E-state index in [1.807, 2.05) is 6.07 Å². The molecule has 0 fully saturated rings. The zero-order valence-corrected chi connectivity index (χ0v) is 9.03. The van der Waals surface area contributed by atoms with Gasteiger partial charge in [0, 0.05) is 5.38 Å². The first kappa shape index (κ1) is 10.1. The number of aromatic hydroxyl groups is 1. The van der Waals surface area contributed by atoms with Crippen LogP contribution in [0.1, 0.15) is 18.7 Å². The number of rotatable bonds is 2.